The van der Waals surface area contributed by atoms with Crippen LogP contribution in [0.1, 0.15) is 42.0 Å². The third-order valence-corrected chi connectivity index (χ3v) is 4.30. The number of nitrogens with zero attached hydrogens (tertiary/aromatic N) is 1. The molecule has 0 aliphatic carbocycles. The van der Waals surface area contributed by atoms with Crippen LogP contribution in [0, 0.1) is 6.92 Å². The molecule has 21 heavy (non-hydrogen) atoms. The first-order chi connectivity index (χ1) is 10.3. The summed E-state index contributed by atoms with van der Waals surface area (Å²) in [5, 5.41) is 2.40. The van der Waals surface area contributed by atoms with E-state index in [2.05, 4.69) is 72.0 Å². The molecule has 0 amide bonds. The number of hydrazine groups is 1. The Kier molecular flexibility index (Phi) is 4.69. The molecule has 2 heteroatoms. The molecule has 2 aromatic rings. The van der Waals surface area contributed by atoms with Crippen LogP contribution in [0.25, 0.3) is 0 Å². The fourth-order valence-electron chi connectivity index (χ4n) is 3.09. The highest BCUT2D eigenvalue weighted by Gasteiger charge is 2.19. The molecule has 110 valence electrons. The van der Waals surface area contributed by atoms with Gasteiger partial charge in [-0.2, -0.15) is 0 Å². The predicted octanol–water partition coefficient (Wildman–Crippen LogP) is 4.07. The second-order valence-corrected chi connectivity index (χ2v) is 5.88. The summed E-state index contributed by atoms with van der Waals surface area (Å²) in [6.07, 6.45) is 3.95. The molecule has 2 nitrogen and oxygen atoms in total. The zero-order valence-electron chi connectivity index (χ0n) is 12.8. The Morgan fingerprint density at radius 1 is 0.857 bits per heavy atom. The first-order valence-electron chi connectivity index (χ1n) is 7.96. The maximum Gasteiger partial charge on any atom is 0.0717 e. The van der Waals surface area contributed by atoms with Crippen molar-refractivity contribution < 1.29 is 0 Å². The van der Waals surface area contributed by atoms with Crippen molar-refractivity contribution in [3.8, 4) is 0 Å². The lowest BCUT2D eigenvalue weighted by molar-refractivity contribution is 0.138. The third kappa shape index (κ3) is 3.52. The average molecular weight is 280 g/mol. The maximum absolute atomic E-state index is 3.76. The summed E-state index contributed by atoms with van der Waals surface area (Å²) in [4.78, 5) is 0. The van der Waals surface area contributed by atoms with Gasteiger partial charge in [0, 0.05) is 13.1 Å². The van der Waals surface area contributed by atoms with E-state index < -0.39 is 0 Å². The molecule has 3 rings (SSSR count). The van der Waals surface area contributed by atoms with E-state index in [4.69, 9.17) is 0 Å². The molecule has 1 aliphatic rings. The van der Waals surface area contributed by atoms with Gasteiger partial charge in [0.25, 0.3) is 0 Å². The van der Waals surface area contributed by atoms with E-state index in [9.17, 15) is 0 Å². The standard InChI is InChI=1S/C19H24N2/c1-16-10-6-7-13-18(16)19(17-11-4-2-5-12-17)20-21-14-8-3-9-15-21/h2,4-7,10-13,19-20H,3,8-9,14-15H2,1H3. The van der Waals surface area contributed by atoms with Gasteiger partial charge in [-0.15, -0.1) is 0 Å². The predicted molar refractivity (Wildman–Crippen MR) is 88.0 cm³/mol. The summed E-state index contributed by atoms with van der Waals surface area (Å²) in [5.74, 6) is 0. The van der Waals surface area contributed by atoms with Crippen molar-refractivity contribution in [2.24, 2.45) is 0 Å². The SMILES string of the molecule is Cc1ccccc1C(NN1CCCCC1)c1ccccc1. The van der Waals surface area contributed by atoms with Gasteiger partial charge in [-0.1, -0.05) is 61.0 Å². The number of rotatable bonds is 4. The Labute approximate surface area is 127 Å². The zero-order valence-corrected chi connectivity index (χ0v) is 12.8. The Morgan fingerprint density at radius 2 is 1.52 bits per heavy atom. The number of hydrogen-bond acceptors (Lipinski definition) is 2. The number of aryl methyl sites for hydroxylation is 1. The van der Waals surface area contributed by atoms with E-state index in [1.165, 1.54) is 36.0 Å². The smallest absolute Gasteiger partial charge is 0.0717 e. The first kappa shape index (κ1) is 14.3. The highest BCUT2D eigenvalue weighted by atomic mass is 15.5. The Balaban J connectivity index is 1.89. The van der Waals surface area contributed by atoms with Crippen LogP contribution in [0.5, 0.6) is 0 Å². The highest BCUT2D eigenvalue weighted by Crippen LogP contribution is 2.25. The Bertz CT molecular complexity index is 559. The molecule has 2 aromatic carbocycles. The van der Waals surface area contributed by atoms with Crippen molar-refractivity contribution in [2.45, 2.75) is 32.2 Å². The Morgan fingerprint density at radius 3 is 2.24 bits per heavy atom. The second-order valence-electron chi connectivity index (χ2n) is 5.88. The molecule has 0 saturated carbocycles. The van der Waals surface area contributed by atoms with Crippen molar-refractivity contribution in [2.75, 3.05) is 13.1 Å². The minimum Gasteiger partial charge on any atom is -0.244 e. The molecule has 1 fully saturated rings. The lowest BCUT2D eigenvalue weighted by Gasteiger charge is -2.32. The molecular weight excluding hydrogens is 256 g/mol. The molecule has 1 unspecified atom stereocenters. The molecule has 0 radical (unpaired) electrons. The van der Waals surface area contributed by atoms with Crippen LogP contribution in [-0.4, -0.2) is 18.1 Å². The van der Waals surface area contributed by atoms with Gasteiger partial charge in [-0.3, -0.25) is 0 Å². The van der Waals surface area contributed by atoms with E-state index in [1.54, 1.807) is 0 Å². The number of benzene rings is 2. The molecule has 0 spiro atoms. The quantitative estimate of drug-likeness (QED) is 0.908. The van der Waals surface area contributed by atoms with E-state index in [-0.39, 0.29) is 6.04 Å². The normalized spacial score (nSPS) is 17.6. The molecule has 1 heterocycles. The van der Waals surface area contributed by atoms with Crippen molar-refractivity contribution in [3.05, 3.63) is 71.3 Å². The number of nitrogens with one attached hydrogen (secondary N) is 1. The topological polar surface area (TPSA) is 15.3 Å². The Hall–Kier alpha value is -1.64. The van der Waals surface area contributed by atoms with Crippen LogP contribution >= 0.6 is 0 Å². The van der Waals surface area contributed by atoms with Crippen LogP contribution in [0.3, 0.4) is 0 Å². The molecule has 1 N–H and O–H groups in total. The van der Waals surface area contributed by atoms with Gasteiger partial charge in [-0.05, 0) is 36.5 Å². The average Bonchev–Trinajstić information content (AvgIpc) is 2.55. The van der Waals surface area contributed by atoms with Gasteiger partial charge in [0.15, 0.2) is 0 Å². The monoisotopic (exact) mass is 280 g/mol. The van der Waals surface area contributed by atoms with Crippen molar-refractivity contribution in [1.82, 2.24) is 10.4 Å². The van der Waals surface area contributed by atoms with Crippen LogP contribution in [0.2, 0.25) is 0 Å². The van der Waals surface area contributed by atoms with Gasteiger partial charge in [-0.25, -0.2) is 10.4 Å². The molecule has 1 atom stereocenters. The summed E-state index contributed by atoms with van der Waals surface area (Å²) in [7, 11) is 0. The second kappa shape index (κ2) is 6.88. The van der Waals surface area contributed by atoms with Crippen molar-refractivity contribution in [3.63, 3.8) is 0 Å². The molecular formula is C19H24N2. The van der Waals surface area contributed by atoms with Gasteiger partial charge in [0.05, 0.1) is 6.04 Å². The van der Waals surface area contributed by atoms with Crippen molar-refractivity contribution >= 4 is 0 Å². The van der Waals surface area contributed by atoms with E-state index in [0.29, 0.717) is 0 Å². The van der Waals surface area contributed by atoms with Gasteiger partial charge >= 0.3 is 0 Å². The van der Waals surface area contributed by atoms with Gasteiger partial charge in [0.1, 0.15) is 0 Å². The van der Waals surface area contributed by atoms with Gasteiger partial charge in [0.2, 0.25) is 0 Å². The first-order valence-corrected chi connectivity index (χ1v) is 7.96. The summed E-state index contributed by atoms with van der Waals surface area (Å²) < 4.78 is 0. The minimum absolute atomic E-state index is 0.241. The number of hydrogen-bond donors (Lipinski definition) is 1. The van der Waals surface area contributed by atoms with Crippen LogP contribution < -0.4 is 5.43 Å². The summed E-state index contributed by atoms with van der Waals surface area (Å²) >= 11 is 0. The lowest BCUT2D eigenvalue weighted by atomic mass is 9.95. The molecule has 0 bridgehead atoms. The molecule has 0 aromatic heterocycles. The fourth-order valence-corrected chi connectivity index (χ4v) is 3.09. The maximum atomic E-state index is 3.76. The fraction of sp³-hybridized carbons (Fsp3) is 0.368. The molecule has 1 aliphatic heterocycles. The van der Waals surface area contributed by atoms with E-state index >= 15 is 0 Å². The summed E-state index contributed by atoms with van der Waals surface area (Å²) in [6.45, 7) is 4.49. The summed E-state index contributed by atoms with van der Waals surface area (Å²) in [5.41, 5.74) is 7.81. The number of piperidine rings is 1. The minimum atomic E-state index is 0.241. The zero-order chi connectivity index (χ0) is 14.5. The molecule has 1 saturated heterocycles. The van der Waals surface area contributed by atoms with Crippen LogP contribution in [-0.2, 0) is 0 Å². The van der Waals surface area contributed by atoms with Crippen LogP contribution in [0.15, 0.2) is 54.6 Å². The van der Waals surface area contributed by atoms with Gasteiger partial charge < -0.3 is 0 Å². The van der Waals surface area contributed by atoms with Crippen LogP contribution in [0.4, 0.5) is 0 Å². The summed E-state index contributed by atoms with van der Waals surface area (Å²) in [6, 6.07) is 19.7. The third-order valence-electron chi connectivity index (χ3n) is 4.30. The van der Waals surface area contributed by atoms with Crippen molar-refractivity contribution in [1.29, 1.82) is 0 Å². The van der Waals surface area contributed by atoms with E-state index in [1.807, 2.05) is 0 Å². The lowest BCUT2D eigenvalue weighted by Crippen LogP contribution is -2.44. The van der Waals surface area contributed by atoms with E-state index in [0.717, 1.165) is 13.1 Å². The largest absolute Gasteiger partial charge is 0.244 e. The highest BCUT2D eigenvalue weighted by molar-refractivity contribution is 5.36.